The van der Waals surface area contributed by atoms with Crippen molar-refractivity contribution >= 4 is 35.1 Å². The van der Waals surface area contributed by atoms with Crippen LogP contribution >= 0.6 is 35.1 Å². The van der Waals surface area contributed by atoms with Gasteiger partial charge in [0.15, 0.2) is 0 Å². The van der Waals surface area contributed by atoms with Crippen LogP contribution in [0, 0.1) is 5.82 Å². The molecule has 1 aliphatic rings. The minimum absolute atomic E-state index is 0.0371. The summed E-state index contributed by atoms with van der Waals surface area (Å²) in [5.41, 5.74) is 0.716. The van der Waals surface area contributed by atoms with Crippen LogP contribution in [0.3, 0.4) is 0 Å². The van der Waals surface area contributed by atoms with E-state index in [1.807, 2.05) is 30.6 Å². The number of rotatable bonds is 3. The molecule has 0 aromatic heterocycles. The SMILES string of the molecule is CNC(c1ccc(Cl)cc1F)C1SCCSC1C. The van der Waals surface area contributed by atoms with E-state index in [0.29, 0.717) is 21.1 Å². The van der Waals surface area contributed by atoms with Crippen LogP contribution in [0.25, 0.3) is 0 Å². The van der Waals surface area contributed by atoms with E-state index in [0.717, 1.165) is 5.75 Å². The molecule has 1 saturated heterocycles. The summed E-state index contributed by atoms with van der Waals surface area (Å²) in [5.74, 6) is 2.10. The molecule has 2 rings (SSSR count). The number of halogens is 2. The predicted octanol–water partition coefficient (Wildman–Crippen LogP) is 3.98. The Morgan fingerprint density at radius 3 is 2.72 bits per heavy atom. The average molecular weight is 306 g/mol. The average Bonchev–Trinajstić information content (AvgIpc) is 2.34. The van der Waals surface area contributed by atoms with E-state index in [9.17, 15) is 4.39 Å². The van der Waals surface area contributed by atoms with E-state index < -0.39 is 0 Å². The van der Waals surface area contributed by atoms with Gasteiger partial charge in [0.25, 0.3) is 0 Å². The third-order valence-electron chi connectivity index (χ3n) is 3.17. The first kappa shape index (κ1) is 14.5. The normalized spacial score (nSPS) is 26.0. The molecule has 0 spiro atoms. The molecule has 1 N–H and O–H groups in total. The van der Waals surface area contributed by atoms with Crippen molar-refractivity contribution in [2.24, 2.45) is 0 Å². The van der Waals surface area contributed by atoms with Gasteiger partial charge in [0.2, 0.25) is 0 Å². The van der Waals surface area contributed by atoms with Gasteiger partial charge < -0.3 is 5.32 Å². The third kappa shape index (κ3) is 3.16. The van der Waals surface area contributed by atoms with Gasteiger partial charge >= 0.3 is 0 Å². The quantitative estimate of drug-likeness (QED) is 0.907. The van der Waals surface area contributed by atoms with E-state index in [2.05, 4.69) is 12.2 Å². The van der Waals surface area contributed by atoms with Gasteiger partial charge in [0, 0.05) is 38.6 Å². The number of nitrogens with one attached hydrogen (secondary N) is 1. The van der Waals surface area contributed by atoms with Crippen LogP contribution in [-0.2, 0) is 0 Å². The van der Waals surface area contributed by atoms with Gasteiger partial charge in [-0.3, -0.25) is 0 Å². The maximum atomic E-state index is 14.0. The molecule has 1 aromatic carbocycles. The molecule has 0 aliphatic carbocycles. The summed E-state index contributed by atoms with van der Waals surface area (Å²) in [6.07, 6.45) is 0. The molecule has 1 nitrogen and oxygen atoms in total. The third-order valence-corrected chi connectivity index (χ3v) is 6.60. The van der Waals surface area contributed by atoms with E-state index in [4.69, 9.17) is 11.6 Å². The Hall–Kier alpha value is 0.1000. The van der Waals surface area contributed by atoms with Crippen LogP contribution in [0.15, 0.2) is 18.2 Å². The highest BCUT2D eigenvalue weighted by Gasteiger charge is 2.31. The summed E-state index contributed by atoms with van der Waals surface area (Å²) in [4.78, 5) is 0. The second kappa shape index (κ2) is 6.51. The van der Waals surface area contributed by atoms with Crippen LogP contribution < -0.4 is 5.32 Å². The Balaban J connectivity index is 2.26. The van der Waals surface area contributed by atoms with Gasteiger partial charge in [-0.15, -0.1) is 0 Å². The predicted molar refractivity (Wildman–Crippen MR) is 81.4 cm³/mol. The highest BCUT2D eigenvalue weighted by Crippen LogP contribution is 2.39. The monoisotopic (exact) mass is 305 g/mol. The largest absolute Gasteiger partial charge is 0.312 e. The van der Waals surface area contributed by atoms with E-state index >= 15 is 0 Å². The van der Waals surface area contributed by atoms with Crippen molar-refractivity contribution in [3.05, 3.63) is 34.6 Å². The van der Waals surface area contributed by atoms with Crippen molar-refractivity contribution in [1.82, 2.24) is 5.32 Å². The molecule has 1 aliphatic heterocycles. The first-order chi connectivity index (χ1) is 8.63. The van der Waals surface area contributed by atoms with Crippen LogP contribution in [0.1, 0.15) is 18.5 Å². The molecule has 5 heteroatoms. The molecule has 3 unspecified atom stereocenters. The number of thioether (sulfide) groups is 2. The van der Waals surface area contributed by atoms with Gasteiger partial charge in [-0.25, -0.2) is 4.39 Å². The zero-order valence-electron chi connectivity index (χ0n) is 10.5. The Labute approximate surface area is 121 Å². The molecule has 1 aromatic rings. The molecular weight excluding hydrogens is 289 g/mol. The van der Waals surface area contributed by atoms with Gasteiger partial charge in [0.05, 0.1) is 0 Å². The van der Waals surface area contributed by atoms with E-state index in [-0.39, 0.29) is 11.9 Å². The fraction of sp³-hybridized carbons (Fsp3) is 0.538. The number of hydrogen-bond acceptors (Lipinski definition) is 3. The zero-order chi connectivity index (χ0) is 13.1. The smallest absolute Gasteiger partial charge is 0.129 e. The number of hydrogen-bond donors (Lipinski definition) is 1. The lowest BCUT2D eigenvalue weighted by Gasteiger charge is -2.34. The Morgan fingerprint density at radius 2 is 2.11 bits per heavy atom. The van der Waals surface area contributed by atoms with Crippen molar-refractivity contribution in [2.45, 2.75) is 23.5 Å². The van der Waals surface area contributed by atoms with Crippen molar-refractivity contribution in [1.29, 1.82) is 0 Å². The summed E-state index contributed by atoms with van der Waals surface area (Å²) in [7, 11) is 1.89. The fourth-order valence-electron chi connectivity index (χ4n) is 2.27. The molecule has 0 amide bonds. The summed E-state index contributed by atoms with van der Waals surface area (Å²) in [6, 6.07) is 4.99. The van der Waals surface area contributed by atoms with Gasteiger partial charge in [-0.05, 0) is 19.2 Å². The second-order valence-electron chi connectivity index (χ2n) is 4.34. The molecule has 0 radical (unpaired) electrons. The van der Waals surface area contributed by atoms with E-state index in [1.165, 1.54) is 11.8 Å². The molecule has 1 fully saturated rings. The van der Waals surface area contributed by atoms with Crippen molar-refractivity contribution in [3.8, 4) is 0 Å². The molecule has 0 saturated carbocycles. The summed E-state index contributed by atoms with van der Waals surface area (Å²) < 4.78 is 14.0. The molecule has 1 heterocycles. The molecular formula is C13H17ClFNS2. The highest BCUT2D eigenvalue weighted by molar-refractivity contribution is 8.07. The first-order valence-corrected chi connectivity index (χ1v) is 8.46. The molecule has 18 heavy (non-hydrogen) atoms. The van der Waals surface area contributed by atoms with Crippen molar-refractivity contribution < 1.29 is 4.39 Å². The summed E-state index contributed by atoms with van der Waals surface area (Å²) in [6.45, 7) is 2.22. The minimum Gasteiger partial charge on any atom is -0.312 e. The lowest BCUT2D eigenvalue weighted by atomic mass is 10.0. The Bertz CT molecular complexity index is 416. The maximum absolute atomic E-state index is 14.0. The highest BCUT2D eigenvalue weighted by atomic mass is 35.5. The van der Waals surface area contributed by atoms with Crippen molar-refractivity contribution in [3.63, 3.8) is 0 Å². The summed E-state index contributed by atoms with van der Waals surface area (Å²) >= 11 is 9.70. The van der Waals surface area contributed by atoms with Gasteiger partial charge in [0.1, 0.15) is 5.82 Å². The summed E-state index contributed by atoms with van der Waals surface area (Å²) in [5, 5.41) is 4.63. The molecule has 3 atom stereocenters. The minimum atomic E-state index is -0.217. The van der Waals surface area contributed by atoms with Crippen LogP contribution in [0.5, 0.6) is 0 Å². The molecule has 0 bridgehead atoms. The van der Waals surface area contributed by atoms with Crippen molar-refractivity contribution in [2.75, 3.05) is 18.6 Å². The molecule has 100 valence electrons. The van der Waals surface area contributed by atoms with Gasteiger partial charge in [-0.1, -0.05) is 24.6 Å². The van der Waals surface area contributed by atoms with Gasteiger partial charge in [-0.2, -0.15) is 23.5 Å². The van der Waals surface area contributed by atoms with Crippen LogP contribution in [0.4, 0.5) is 4.39 Å². The Morgan fingerprint density at radius 1 is 1.39 bits per heavy atom. The van der Waals surface area contributed by atoms with E-state index in [1.54, 1.807) is 12.1 Å². The number of benzene rings is 1. The Kier molecular flexibility index (Phi) is 5.24. The lowest BCUT2D eigenvalue weighted by Crippen LogP contribution is -2.36. The van der Waals surface area contributed by atoms with Crippen LogP contribution in [0.2, 0.25) is 5.02 Å². The first-order valence-electron chi connectivity index (χ1n) is 5.99. The van der Waals surface area contributed by atoms with Crippen LogP contribution in [-0.4, -0.2) is 29.1 Å². The second-order valence-corrected chi connectivity index (χ2v) is 7.55. The lowest BCUT2D eigenvalue weighted by molar-refractivity contribution is 0.517. The topological polar surface area (TPSA) is 12.0 Å². The standard InChI is InChI=1S/C13H17ClFNS2/c1-8-13(18-6-5-17-8)12(16-2)10-4-3-9(14)7-11(10)15/h3-4,7-8,12-13,16H,5-6H2,1-2H3. The fourth-order valence-corrected chi connectivity index (χ4v) is 5.40. The zero-order valence-corrected chi connectivity index (χ0v) is 12.8. The maximum Gasteiger partial charge on any atom is 0.129 e.